The van der Waals surface area contributed by atoms with E-state index in [4.69, 9.17) is 11.6 Å². The van der Waals surface area contributed by atoms with Crippen LogP contribution in [0.25, 0.3) is 11.1 Å². The lowest BCUT2D eigenvalue weighted by Crippen LogP contribution is -2.19. The van der Waals surface area contributed by atoms with Crippen LogP contribution in [0, 0.1) is 5.82 Å². The average molecular weight is 292 g/mol. The van der Waals surface area contributed by atoms with E-state index in [0.29, 0.717) is 5.02 Å². The van der Waals surface area contributed by atoms with Crippen molar-refractivity contribution in [2.24, 2.45) is 0 Å². The molecule has 0 radical (unpaired) electrons. The van der Waals surface area contributed by atoms with Crippen LogP contribution in [-0.2, 0) is 0 Å². The van der Waals surface area contributed by atoms with Crippen LogP contribution < -0.4 is 5.32 Å². The summed E-state index contributed by atoms with van der Waals surface area (Å²) in [7, 11) is 0. The molecule has 0 bridgehead atoms. The molecule has 1 N–H and O–H groups in total. The zero-order chi connectivity index (χ0) is 14.5. The Kier molecular flexibility index (Phi) is 5.16. The van der Waals surface area contributed by atoms with E-state index in [1.165, 1.54) is 12.1 Å². The summed E-state index contributed by atoms with van der Waals surface area (Å²) < 4.78 is 13.5. The minimum absolute atomic E-state index is 0.200. The van der Waals surface area contributed by atoms with Crippen LogP contribution in [0.1, 0.15) is 31.9 Å². The number of halogens is 2. The second kappa shape index (κ2) is 6.87. The molecule has 1 atom stereocenters. The molecular formula is C17H19ClFN. The van der Waals surface area contributed by atoms with Gasteiger partial charge in [0.05, 0.1) is 0 Å². The number of nitrogens with one attached hydrogen (secondary N) is 1. The van der Waals surface area contributed by atoms with Gasteiger partial charge >= 0.3 is 0 Å². The van der Waals surface area contributed by atoms with Crippen LogP contribution >= 0.6 is 11.6 Å². The third-order valence-corrected chi connectivity index (χ3v) is 3.68. The van der Waals surface area contributed by atoms with Crippen LogP contribution in [0.4, 0.5) is 4.39 Å². The second-order valence-electron chi connectivity index (χ2n) is 4.89. The van der Waals surface area contributed by atoms with Gasteiger partial charge in [0.1, 0.15) is 5.82 Å². The molecule has 0 aliphatic rings. The van der Waals surface area contributed by atoms with Crippen molar-refractivity contribution in [2.45, 2.75) is 26.3 Å². The fourth-order valence-corrected chi connectivity index (χ4v) is 2.51. The van der Waals surface area contributed by atoms with Crippen molar-refractivity contribution in [3.8, 4) is 11.1 Å². The van der Waals surface area contributed by atoms with Gasteiger partial charge in [-0.1, -0.05) is 42.8 Å². The summed E-state index contributed by atoms with van der Waals surface area (Å²) in [4.78, 5) is 0. The SMILES string of the molecule is CCCNC(C)c1ccccc1-c1cc(F)ccc1Cl. The van der Waals surface area contributed by atoms with E-state index in [0.717, 1.165) is 29.7 Å². The van der Waals surface area contributed by atoms with Crippen molar-refractivity contribution in [3.05, 3.63) is 58.9 Å². The van der Waals surface area contributed by atoms with Crippen molar-refractivity contribution in [2.75, 3.05) is 6.54 Å². The first-order chi connectivity index (χ1) is 9.63. The molecule has 0 heterocycles. The van der Waals surface area contributed by atoms with Gasteiger partial charge < -0.3 is 5.32 Å². The highest BCUT2D eigenvalue weighted by Crippen LogP contribution is 2.33. The molecule has 0 saturated carbocycles. The molecule has 2 aromatic carbocycles. The predicted octanol–water partition coefficient (Wildman–Crippen LogP) is 5.21. The lowest BCUT2D eigenvalue weighted by atomic mass is 9.95. The predicted molar refractivity (Wildman–Crippen MR) is 83.6 cm³/mol. The van der Waals surface area contributed by atoms with Gasteiger partial charge in [-0.15, -0.1) is 0 Å². The summed E-state index contributed by atoms with van der Waals surface area (Å²) in [6.45, 7) is 5.20. The number of rotatable bonds is 5. The largest absolute Gasteiger partial charge is 0.310 e. The fourth-order valence-electron chi connectivity index (χ4n) is 2.29. The normalized spacial score (nSPS) is 12.4. The molecule has 2 rings (SSSR count). The highest BCUT2D eigenvalue weighted by atomic mass is 35.5. The van der Waals surface area contributed by atoms with Crippen LogP contribution in [0.15, 0.2) is 42.5 Å². The summed E-state index contributed by atoms with van der Waals surface area (Å²) in [5, 5.41) is 4.03. The molecule has 2 aromatic rings. The molecule has 0 spiro atoms. The van der Waals surface area contributed by atoms with Gasteiger partial charge in [0, 0.05) is 16.6 Å². The Labute approximate surface area is 124 Å². The zero-order valence-corrected chi connectivity index (χ0v) is 12.5. The lowest BCUT2D eigenvalue weighted by Gasteiger charge is -2.18. The van der Waals surface area contributed by atoms with Gasteiger partial charge in [0.25, 0.3) is 0 Å². The Bertz CT molecular complexity index is 583. The first-order valence-corrected chi connectivity index (χ1v) is 7.29. The molecule has 0 fully saturated rings. The molecule has 0 aromatic heterocycles. The minimum atomic E-state index is -0.270. The standard InChI is InChI=1S/C17H19ClFN/c1-3-10-20-12(2)14-6-4-5-7-15(14)16-11-13(19)8-9-17(16)18/h4-9,11-12,20H,3,10H2,1-2H3. The summed E-state index contributed by atoms with van der Waals surface area (Å²) >= 11 is 6.22. The first-order valence-electron chi connectivity index (χ1n) is 6.91. The zero-order valence-electron chi connectivity index (χ0n) is 11.8. The van der Waals surface area contributed by atoms with E-state index in [1.54, 1.807) is 6.07 Å². The highest BCUT2D eigenvalue weighted by molar-refractivity contribution is 6.33. The van der Waals surface area contributed by atoms with Gasteiger partial charge in [-0.2, -0.15) is 0 Å². The Morgan fingerprint density at radius 3 is 2.65 bits per heavy atom. The van der Waals surface area contributed by atoms with Gasteiger partial charge in [-0.3, -0.25) is 0 Å². The van der Waals surface area contributed by atoms with Gasteiger partial charge in [-0.25, -0.2) is 4.39 Å². The molecule has 1 unspecified atom stereocenters. The summed E-state index contributed by atoms with van der Waals surface area (Å²) in [5.74, 6) is -0.270. The van der Waals surface area contributed by atoms with Crippen LogP contribution in [0.3, 0.4) is 0 Å². The smallest absolute Gasteiger partial charge is 0.123 e. The van der Waals surface area contributed by atoms with Gasteiger partial charge in [0.15, 0.2) is 0 Å². The van der Waals surface area contributed by atoms with Gasteiger partial charge in [0.2, 0.25) is 0 Å². The fraction of sp³-hybridized carbons (Fsp3) is 0.294. The Hall–Kier alpha value is -1.38. The molecule has 0 aliphatic carbocycles. The van der Waals surface area contributed by atoms with Crippen molar-refractivity contribution in [1.82, 2.24) is 5.32 Å². The quantitative estimate of drug-likeness (QED) is 0.797. The highest BCUT2D eigenvalue weighted by Gasteiger charge is 2.13. The average Bonchev–Trinajstić information content (AvgIpc) is 2.47. The number of hydrogen-bond donors (Lipinski definition) is 1. The van der Waals surface area contributed by atoms with Crippen LogP contribution in [0.5, 0.6) is 0 Å². The van der Waals surface area contributed by atoms with Crippen molar-refractivity contribution >= 4 is 11.6 Å². The third kappa shape index (κ3) is 3.38. The second-order valence-corrected chi connectivity index (χ2v) is 5.29. The lowest BCUT2D eigenvalue weighted by molar-refractivity contribution is 0.571. The Balaban J connectivity index is 2.44. The Morgan fingerprint density at radius 2 is 1.90 bits per heavy atom. The number of hydrogen-bond acceptors (Lipinski definition) is 1. The monoisotopic (exact) mass is 291 g/mol. The van der Waals surface area contributed by atoms with Gasteiger partial charge in [-0.05, 0) is 49.2 Å². The van der Waals surface area contributed by atoms with E-state index < -0.39 is 0 Å². The maximum Gasteiger partial charge on any atom is 0.123 e. The van der Waals surface area contributed by atoms with Crippen molar-refractivity contribution in [1.29, 1.82) is 0 Å². The van der Waals surface area contributed by atoms with E-state index >= 15 is 0 Å². The summed E-state index contributed by atoms with van der Waals surface area (Å²) in [5.41, 5.74) is 2.86. The number of benzene rings is 2. The maximum absolute atomic E-state index is 13.5. The topological polar surface area (TPSA) is 12.0 Å². The molecular weight excluding hydrogens is 273 g/mol. The van der Waals surface area contributed by atoms with Crippen LogP contribution in [0.2, 0.25) is 5.02 Å². The van der Waals surface area contributed by atoms with Crippen molar-refractivity contribution in [3.63, 3.8) is 0 Å². The van der Waals surface area contributed by atoms with E-state index in [2.05, 4.69) is 25.2 Å². The molecule has 1 nitrogen and oxygen atoms in total. The molecule has 106 valence electrons. The first kappa shape index (κ1) is 15.0. The molecule has 3 heteroatoms. The van der Waals surface area contributed by atoms with E-state index in [9.17, 15) is 4.39 Å². The molecule has 0 aliphatic heterocycles. The maximum atomic E-state index is 13.5. The summed E-state index contributed by atoms with van der Waals surface area (Å²) in [6.07, 6.45) is 1.08. The van der Waals surface area contributed by atoms with E-state index in [1.807, 2.05) is 18.2 Å². The molecule has 20 heavy (non-hydrogen) atoms. The van der Waals surface area contributed by atoms with E-state index in [-0.39, 0.29) is 11.9 Å². The Morgan fingerprint density at radius 1 is 1.15 bits per heavy atom. The van der Waals surface area contributed by atoms with Crippen LogP contribution in [-0.4, -0.2) is 6.54 Å². The molecule has 0 saturated heterocycles. The summed E-state index contributed by atoms with van der Waals surface area (Å²) in [6, 6.07) is 12.7. The minimum Gasteiger partial charge on any atom is -0.310 e. The third-order valence-electron chi connectivity index (χ3n) is 3.35. The van der Waals surface area contributed by atoms with Crippen molar-refractivity contribution < 1.29 is 4.39 Å². The molecule has 0 amide bonds.